The number of hydrogen-bond donors (Lipinski definition) is 0. The summed E-state index contributed by atoms with van der Waals surface area (Å²) < 4.78 is 3.98. The molecule has 3 heterocycles. The van der Waals surface area contributed by atoms with E-state index in [-0.39, 0.29) is 0 Å². The minimum absolute atomic E-state index is 0.889. The van der Waals surface area contributed by atoms with Gasteiger partial charge in [0.2, 0.25) is 0 Å². The van der Waals surface area contributed by atoms with Gasteiger partial charge in [0.25, 0.3) is 0 Å². The first-order chi connectivity index (χ1) is 9.28. The fourth-order valence-corrected chi connectivity index (χ4v) is 3.12. The van der Waals surface area contributed by atoms with Crippen LogP contribution in [0.15, 0.2) is 33.3 Å². The van der Waals surface area contributed by atoms with E-state index in [1.165, 1.54) is 0 Å². The van der Waals surface area contributed by atoms with Gasteiger partial charge in [-0.3, -0.25) is 4.40 Å². The lowest BCUT2D eigenvalue weighted by atomic mass is 10.4. The van der Waals surface area contributed by atoms with Gasteiger partial charge in [0.15, 0.2) is 9.35 Å². The molecule has 0 aliphatic heterocycles. The van der Waals surface area contributed by atoms with Gasteiger partial charge in [-0.05, 0) is 34.3 Å². The quantitative estimate of drug-likeness (QED) is 0.639. The normalized spacial score (nSPS) is 10.3. The predicted octanol–water partition coefficient (Wildman–Crippen LogP) is 4.36. The van der Waals surface area contributed by atoms with Crippen LogP contribution in [0.2, 0.25) is 0 Å². The topological polar surface area (TPSA) is 43.1 Å². The number of pyridine rings is 1. The Bertz CT molecular complexity index is 677. The Morgan fingerprint density at radius 3 is 2.74 bits per heavy atom. The molecule has 0 aromatic carbocycles. The van der Waals surface area contributed by atoms with Crippen molar-refractivity contribution in [3.63, 3.8) is 0 Å². The zero-order valence-corrected chi connectivity index (χ0v) is 14.0. The molecule has 0 radical (unpaired) electrons. The number of aromatic nitrogens is 4. The molecule has 0 fully saturated rings. The molecule has 0 saturated heterocycles. The van der Waals surface area contributed by atoms with Gasteiger partial charge in [-0.15, -0.1) is 10.2 Å². The molecular weight excluding hydrogens is 344 g/mol. The van der Waals surface area contributed by atoms with Crippen molar-refractivity contribution in [3.05, 3.63) is 29.0 Å². The summed E-state index contributed by atoms with van der Waals surface area (Å²) in [5.41, 5.74) is 1.88. The molecule has 100 valence electrons. The number of thioether (sulfide) groups is 1. The maximum Gasteiger partial charge on any atom is 0.174 e. The molecule has 7 heteroatoms. The molecule has 0 N–H and O–H groups in total. The van der Waals surface area contributed by atoms with Crippen molar-refractivity contribution >= 4 is 44.7 Å². The van der Waals surface area contributed by atoms with Crippen LogP contribution in [0.3, 0.4) is 0 Å². The van der Waals surface area contributed by atoms with Gasteiger partial charge in [0, 0.05) is 10.7 Å². The molecule has 3 rings (SSSR count). The van der Waals surface area contributed by atoms with Gasteiger partial charge >= 0.3 is 0 Å². The summed E-state index contributed by atoms with van der Waals surface area (Å²) in [5.74, 6) is 0. The highest BCUT2D eigenvalue weighted by molar-refractivity contribution is 9.10. The van der Waals surface area contributed by atoms with Crippen LogP contribution in [0.5, 0.6) is 0 Å². The fraction of sp³-hybridized carbons (Fsp3) is 0.250. The molecule has 0 atom stereocenters. The third kappa shape index (κ3) is 2.98. The van der Waals surface area contributed by atoms with E-state index in [0.717, 1.165) is 25.2 Å². The van der Waals surface area contributed by atoms with E-state index in [9.17, 15) is 0 Å². The highest BCUT2D eigenvalue weighted by Gasteiger charge is 2.11. The predicted molar refractivity (Wildman–Crippen MR) is 84.9 cm³/mol. The number of hydrogen-bond acceptors (Lipinski definition) is 5. The first kappa shape index (κ1) is 14.5. The minimum atomic E-state index is 0.889. The maximum atomic E-state index is 4.35. The second-order valence-corrected chi connectivity index (χ2v) is 6.24. The zero-order chi connectivity index (χ0) is 13.8. The van der Waals surface area contributed by atoms with E-state index >= 15 is 0 Å². The Morgan fingerprint density at radius 2 is 2.05 bits per heavy atom. The van der Waals surface area contributed by atoms with Gasteiger partial charge in [-0.25, -0.2) is 4.98 Å². The fourth-order valence-electron chi connectivity index (χ4n) is 1.51. The lowest BCUT2D eigenvalue weighted by Gasteiger charge is -1.97. The molecule has 0 amide bonds. The highest BCUT2D eigenvalue weighted by Crippen LogP contribution is 2.29. The van der Waals surface area contributed by atoms with Gasteiger partial charge in [0.1, 0.15) is 11.3 Å². The van der Waals surface area contributed by atoms with Crippen molar-refractivity contribution in [2.75, 3.05) is 6.26 Å². The van der Waals surface area contributed by atoms with E-state index in [0.29, 0.717) is 0 Å². The molecule has 0 unspecified atom stereocenters. The summed E-state index contributed by atoms with van der Waals surface area (Å²) in [4.78, 5) is 4.35. The minimum Gasteiger partial charge on any atom is -0.296 e. The Morgan fingerprint density at radius 1 is 1.26 bits per heavy atom. The van der Waals surface area contributed by atoms with Crippen LogP contribution in [-0.4, -0.2) is 25.8 Å². The summed E-state index contributed by atoms with van der Waals surface area (Å²) in [6.45, 7) is 4.00. The van der Waals surface area contributed by atoms with E-state index in [4.69, 9.17) is 0 Å². The van der Waals surface area contributed by atoms with Crippen molar-refractivity contribution in [3.8, 4) is 10.7 Å². The highest BCUT2D eigenvalue weighted by atomic mass is 79.9. The van der Waals surface area contributed by atoms with Crippen LogP contribution in [0, 0.1) is 0 Å². The van der Waals surface area contributed by atoms with Crippen molar-refractivity contribution in [2.24, 2.45) is 0 Å². The summed E-state index contributed by atoms with van der Waals surface area (Å²) in [6, 6.07) is 3.93. The number of halogens is 1. The molecule has 0 spiro atoms. The smallest absolute Gasteiger partial charge is 0.174 e. The zero-order valence-electron chi connectivity index (χ0n) is 10.8. The van der Waals surface area contributed by atoms with Crippen LogP contribution in [-0.2, 0) is 0 Å². The van der Waals surface area contributed by atoms with Crippen molar-refractivity contribution in [2.45, 2.75) is 18.2 Å². The summed E-state index contributed by atoms with van der Waals surface area (Å²) in [7, 11) is 0. The van der Waals surface area contributed by atoms with Crippen LogP contribution in [0.4, 0.5) is 0 Å². The third-order valence-corrected chi connectivity index (χ3v) is 4.66. The molecule has 4 nitrogen and oxygen atoms in total. The average molecular weight is 357 g/mol. The maximum absolute atomic E-state index is 4.35. The number of nitrogens with zero attached hydrogens (tertiary/aromatic N) is 4. The molecule has 0 bridgehead atoms. The molecule has 0 aliphatic rings. The molecule has 0 saturated carbocycles. The van der Waals surface area contributed by atoms with Crippen molar-refractivity contribution < 1.29 is 0 Å². The number of rotatable bonds is 2. The summed E-state index contributed by atoms with van der Waals surface area (Å²) in [5, 5.41) is 9.17. The van der Waals surface area contributed by atoms with E-state index < -0.39 is 0 Å². The SMILES string of the molecule is CC.CSc1nnc(-c2cnc3ccc(Br)cn23)s1. The van der Waals surface area contributed by atoms with Crippen molar-refractivity contribution in [1.82, 2.24) is 19.6 Å². The number of fused-ring (bicyclic) bond motifs is 1. The molecule has 19 heavy (non-hydrogen) atoms. The lowest BCUT2D eigenvalue weighted by Crippen LogP contribution is -1.87. The first-order valence-corrected chi connectivity index (χ1v) is 8.62. The van der Waals surface area contributed by atoms with Gasteiger partial charge in [0.05, 0.1) is 6.20 Å². The summed E-state index contributed by atoms with van der Waals surface area (Å²) >= 11 is 6.63. The summed E-state index contributed by atoms with van der Waals surface area (Å²) in [6.07, 6.45) is 5.81. The van der Waals surface area contributed by atoms with Gasteiger partial charge in [-0.1, -0.05) is 36.9 Å². The second-order valence-electron chi connectivity index (χ2n) is 3.30. The van der Waals surface area contributed by atoms with E-state index in [2.05, 4.69) is 31.1 Å². The first-order valence-electron chi connectivity index (χ1n) is 5.78. The van der Waals surface area contributed by atoms with Crippen LogP contribution < -0.4 is 0 Å². The van der Waals surface area contributed by atoms with E-state index in [1.807, 2.05) is 49.0 Å². The van der Waals surface area contributed by atoms with E-state index in [1.54, 1.807) is 23.1 Å². The third-order valence-electron chi connectivity index (χ3n) is 2.27. The van der Waals surface area contributed by atoms with Crippen LogP contribution >= 0.6 is 39.0 Å². The molecular formula is C12H13BrN4S2. The Labute approximate surface area is 128 Å². The molecule has 3 aromatic heterocycles. The van der Waals surface area contributed by atoms with Gasteiger partial charge in [-0.2, -0.15) is 0 Å². The van der Waals surface area contributed by atoms with Crippen LogP contribution in [0.25, 0.3) is 16.3 Å². The molecule has 3 aromatic rings. The Balaban J connectivity index is 0.000000637. The Hall–Kier alpha value is -0.920. The average Bonchev–Trinajstić information content (AvgIpc) is 3.06. The molecule has 0 aliphatic carbocycles. The Kier molecular flexibility index (Phi) is 4.95. The monoisotopic (exact) mass is 356 g/mol. The second kappa shape index (κ2) is 6.49. The number of imidazole rings is 1. The van der Waals surface area contributed by atoms with Crippen molar-refractivity contribution in [1.29, 1.82) is 0 Å². The largest absolute Gasteiger partial charge is 0.296 e. The van der Waals surface area contributed by atoms with Gasteiger partial charge < -0.3 is 0 Å². The van der Waals surface area contributed by atoms with Crippen LogP contribution in [0.1, 0.15) is 13.8 Å². The lowest BCUT2D eigenvalue weighted by molar-refractivity contribution is 1.01. The standard InChI is InChI=1S/C10H7BrN4S2.C2H6/c1-16-10-14-13-9(17-10)7-4-12-8-3-2-6(11)5-15(7)8;1-2/h2-5H,1H3;1-2H3.